The van der Waals surface area contributed by atoms with E-state index in [-0.39, 0.29) is 36.2 Å². The highest BCUT2D eigenvalue weighted by atomic mass is 35.5. The van der Waals surface area contributed by atoms with Gasteiger partial charge in [0.15, 0.2) is 0 Å². The number of carbonyl (C=O) groups excluding carboxylic acids is 2. The largest absolute Gasteiger partial charge is 0.466 e. The Morgan fingerprint density at radius 3 is 2.67 bits per heavy atom. The molecule has 27 heavy (non-hydrogen) atoms. The minimum atomic E-state index is -0.356. The van der Waals surface area contributed by atoms with Gasteiger partial charge < -0.3 is 15.4 Å². The fourth-order valence-electron chi connectivity index (χ4n) is 4.27. The summed E-state index contributed by atoms with van der Waals surface area (Å²) < 4.78 is 5.21. The molecule has 6 heteroatoms. The average Bonchev–Trinajstić information content (AvgIpc) is 3.10. The second kappa shape index (κ2) is 10.7. The molecule has 1 aromatic carbocycles. The van der Waals surface area contributed by atoms with Gasteiger partial charge in [0.25, 0.3) is 0 Å². The van der Waals surface area contributed by atoms with Crippen molar-refractivity contribution < 1.29 is 14.3 Å². The molecule has 5 nitrogen and oxygen atoms in total. The highest BCUT2D eigenvalue weighted by Gasteiger charge is 2.38. The minimum Gasteiger partial charge on any atom is -0.466 e. The van der Waals surface area contributed by atoms with Crippen molar-refractivity contribution in [3.05, 3.63) is 35.9 Å². The minimum absolute atomic E-state index is 0. The molecule has 1 aromatic rings. The molecule has 150 valence electrons. The van der Waals surface area contributed by atoms with Crippen molar-refractivity contribution in [2.75, 3.05) is 13.2 Å². The van der Waals surface area contributed by atoms with Gasteiger partial charge in [-0.3, -0.25) is 9.59 Å². The first-order valence-corrected chi connectivity index (χ1v) is 9.91. The summed E-state index contributed by atoms with van der Waals surface area (Å²) in [4.78, 5) is 24.9. The van der Waals surface area contributed by atoms with Crippen LogP contribution in [0.25, 0.3) is 0 Å². The van der Waals surface area contributed by atoms with Crippen LogP contribution in [0.1, 0.15) is 44.6 Å². The van der Waals surface area contributed by atoms with Crippen molar-refractivity contribution in [1.29, 1.82) is 0 Å². The molecule has 4 unspecified atom stereocenters. The lowest BCUT2D eigenvalue weighted by Crippen LogP contribution is -2.45. The van der Waals surface area contributed by atoms with Gasteiger partial charge in [0.1, 0.15) is 0 Å². The van der Waals surface area contributed by atoms with Crippen LogP contribution in [0, 0.1) is 11.8 Å². The predicted molar refractivity (Wildman–Crippen MR) is 108 cm³/mol. The number of halogens is 1. The number of amides is 1. The van der Waals surface area contributed by atoms with Crippen LogP contribution >= 0.6 is 12.4 Å². The molecule has 2 fully saturated rings. The molecule has 0 bridgehead atoms. The molecule has 2 aliphatic rings. The third-order valence-electron chi connectivity index (χ3n) is 5.65. The monoisotopic (exact) mass is 394 g/mol. The Hall–Kier alpha value is -1.59. The maximum atomic E-state index is 12.6. The standard InChI is InChI=1S/C21H30N2O3.ClH/c1-2-26-21(25)17(12-15-8-4-3-5-9-15)14-22-20(24)19-13-16-10-6-7-11-18(16)23-19;/h3-5,8-9,16-19,23H,2,6-7,10-14H2,1H3,(H,22,24);1H. The summed E-state index contributed by atoms with van der Waals surface area (Å²) in [6, 6.07) is 10.2. The van der Waals surface area contributed by atoms with Crippen LogP contribution in [0.5, 0.6) is 0 Å². The van der Waals surface area contributed by atoms with E-state index in [2.05, 4.69) is 10.6 Å². The van der Waals surface area contributed by atoms with Gasteiger partial charge in [-0.2, -0.15) is 0 Å². The average molecular weight is 395 g/mol. The molecule has 1 saturated heterocycles. The Morgan fingerprint density at radius 1 is 1.22 bits per heavy atom. The summed E-state index contributed by atoms with van der Waals surface area (Å²) in [6.45, 7) is 2.48. The van der Waals surface area contributed by atoms with E-state index in [9.17, 15) is 9.59 Å². The number of fused-ring (bicyclic) bond motifs is 1. The van der Waals surface area contributed by atoms with Crippen LogP contribution < -0.4 is 10.6 Å². The molecule has 1 aliphatic heterocycles. The van der Waals surface area contributed by atoms with Gasteiger partial charge in [0, 0.05) is 12.6 Å². The fraction of sp³-hybridized carbons (Fsp3) is 0.619. The van der Waals surface area contributed by atoms with Gasteiger partial charge in [-0.15, -0.1) is 12.4 Å². The van der Waals surface area contributed by atoms with Crippen molar-refractivity contribution in [1.82, 2.24) is 10.6 Å². The van der Waals surface area contributed by atoms with E-state index in [1.165, 1.54) is 25.7 Å². The van der Waals surface area contributed by atoms with E-state index in [0.29, 0.717) is 31.5 Å². The zero-order valence-electron chi connectivity index (χ0n) is 16.0. The van der Waals surface area contributed by atoms with Crippen LogP contribution in [0.4, 0.5) is 0 Å². The van der Waals surface area contributed by atoms with E-state index < -0.39 is 0 Å². The summed E-state index contributed by atoms with van der Waals surface area (Å²) in [5.41, 5.74) is 1.07. The number of hydrogen-bond donors (Lipinski definition) is 2. The predicted octanol–water partition coefficient (Wildman–Crippen LogP) is 2.87. The van der Waals surface area contributed by atoms with Crippen LogP contribution in [0.3, 0.4) is 0 Å². The summed E-state index contributed by atoms with van der Waals surface area (Å²) in [7, 11) is 0. The van der Waals surface area contributed by atoms with Crippen molar-refractivity contribution in [3.8, 4) is 0 Å². The lowest BCUT2D eigenvalue weighted by atomic mass is 9.85. The first-order valence-electron chi connectivity index (χ1n) is 9.91. The Bertz CT molecular complexity index is 597. The highest BCUT2D eigenvalue weighted by molar-refractivity contribution is 5.85. The Kier molecular flexibility index (Phi) is 8.58. The van der Waals surface area contributed by atoms with Crippen molar-refractivity contribution in [2.24, 2.45) is 11.8 Å². The number of benzene rings is 1. The molecule has 1 saturated carbocycles. The van der Waals surface area contributed by atoms with Crippen LogP contribution in [0.2, 0.25) is 0 Å². The normalized spacial score (nSPS) is 25.0. The molecular formula is C21H31ClN2O3. The first-order chi connectivity index (χ1) is 12.7. The number of rotatable bonds is 7. The van der Waals surface area contributed by atoms with Gasteiger partial charge in [0.2, 0.25) is 5.91 Å². The smallest absolute Gasteiger partial charge is 0.311 e. The van der Waals surface area contributed by atoms with E-state index in [4.69, 9.17) is 4.74 Å². The number of esters is 1. The van der Waals surface area contributed by atoms with E-state index in [1.807, 2.05) is 30.3 Å². The van der Waals surface area contributed by atoms with Crippen molar-refractivity contribution >= 4 is 24.3 Å². The van der Waals surface area contributed by atoms with E-state index in [0.717, 1.165) is 12.0 Å². The van der Waals surface area contributed by atoms with Gasteiger partial charge in [0.05, 0.1) is 18.6 Å². The summed E-state index contributed by atoms with van der Waals surface area (Å²) in [5, 5.41) is 6.48. The molecular weight excluding hydrogens is 364 g/mol. The third-order valence-corrected chi connectivity index (χ3v) is 5.65. The lowest BCUT2D eigenvalue weighted by Gasteiger charge is -2.24. The molecule has 3 rings (SSSR count). The van der Waals surface area contributed by atoms with Crippen LogP contribution in [0.15, 0.2) is 30.3 Å². The number of nitrogens with one attached hydrogen (secondary N) is 2. The number of hydrogen-bond acceptors (Lipinski definition) is 4. The molecule has 1 amide bonds. The SMILES string of the molecule is CCOC(=O)C(CNC(=O)C1CC2CCCCC2N1)Cc1ccccc1.Cl. The third kappa shape index (κ3) is 5.94. The maximum absolute atomic E-state index is 12.6. The summed E-state index contributed by atoms with van der Waals surface area (Å²) in [5.74, 6) is 0.0427. The molecule has 0 radical (unpaired) electrons. The molecule has 1 heterocycles. The maximum Gasteiger partial charge on any atom is 0.311 e. The molecule has 0 aromatic heterocycles. The quantitative estimate of drug-likeness (QED) is 0.698. The Morgan fingerprint density at radius 2 is 1.96 bits per heavy atom. The number of carbonyl (C=O) groups is 2. The summed E-state index contributed by atoms with van der Waals surface area (Å²) >= 11 is 0. The highest BCUT2D eigenvalue weighted by Crippen LogP contribution is 2.33. The van der Waals surface area contributed by atoms with Gasteiger partial charge >= 0.3 is 5.97 Å². The molecule has 4 atom stereocenters. The van der Waals surface area contributed by atoms with E-state index in [1.54, 1.807) is 6.92 Å². The summed E-state index contributed by atoms with van der Waals surface area (Å²) in [6.07, 6.45) is 6.42. The first kappa shape index (κ1) is 21.7. The van der Waals surface area contributed by atoms with Crippen molar-refractivity contribution in [2.45, 2.75) is 57.5 Å². The zero-order chi connectivity index (χ0) is 18.4. The van der Waals surface area contributed by atoms with Crippen molar-refractivity contribution in [3.63, 3.8) is 0 Å². The second-order valence-corrected chi connectivity index (χ2v) is 7.49. The topological polar surface area (TPSA) is 67.4 Å². The Labute approximate surface area is 168 Å². The van der Waals surface area contributed by atoms with Gasteiger partial charge in [-0.05, 0) is 44.1 Å². The van der Waals surface area contributed by atoms with E-state index >= 15 is 0 Å². The molecule has 2 N–H and O–H groups in total. The molecule has 1 aliphatic carbocycles. The molecule has 0 spiro atoms. The van der Waals surface area contributed by atoms with Gasteiger partial charge in [-0.25, -0.2) is 0 Å². The Balaban J connectivity index is 0.00000261. The number of ether oxygens (including phenoxy) is 1. The zero-order valence-corrected chi connectivity index (χ0v) is 16.8. The van der Waals surface area contributed by atoms with Gasteiger partial charge in [-0.1, -0.05) is 43.2 Å². The second-order valence-electron chi connectivity index (χ2n) is 7.49. The lowest BCUT2D eigenvalue weighted by molar-refractivity contribution is -0.147. The van der Waals surface area contributed by atoms with Crippen LogP contribution in [-0.4, -0.2) is 37.1 Å². The fourth-order valence-corrected chi connectivity index (χ4v) is 4.27. The van der Waals surface area contributed by atoms with Crippen LogP contribution in [-0.2, 0) is 20.7 Å².